The van der Waals surface area contributed by atoms with Crippen molar-refractivity contribution in [3.05, 3.63) is 52.1 Å². The monoisotopic (exact) mass is 421 g/mol. The Morgan fingerprint density at radius 2 is 1.93 bits per heavy atom. The number of pyridine rings is 1. The molecule has 3 aromatic rings. The van der Waals surface area contributed by atoms with Crippen LogP contribution in [0.1, 0.15) is 12.5 Å². The van der Waals surface area contributed by atoms with E-state index in [0.29, 0.717) is 10.2 Å². The van der Waals surface area contributed by atoms with Crippen LogP contribution < -0.4 is 5.32 Å². The molecule has 6 nitrogen and oxygen atoms in total. The fourth-order valence-electron chi connectivity index (χ4n) is 2.31. The molecule has 27 heavy (non-hydrogen) atoms. The molecule has 1 amide bonds. The zero-order chi connectivity index (χ0) is 19.6. The predicted octanol–water partition coefficient (Wildman–Crippen LogP) is 4.61. The van der Waals surface area contributed by atoms with Gasteiger partial charge in [0.2, 0.25) is 5.91 Å². The van der Waals surface area contributed by atoms with E-state index in [9.17, 15) is 4.79 Å². The summed E-state index contributed by atoms with van der Waals surface area (Å²) < 4.78 is 1.87. The number of thioether (sulfide) groups is 1. The van der Waals surface area contributed by atoms with E-state index in [0.717, 1.165) is 11.4 Å². The van der Waals surface area contributed by atoms with Crippen LogP contribution in [0.25, 0.3) is 11.4 Å². The number of hydrogen-bond donors (Lipinski definition) is 1. The first kappa shape index (κ1) is 19.7. The van der Waals surface area contributed by atoms with Crippen molar-refractivity contribution in [2.75, 3.05) is 5.32 Å². The lowest BCUT2D eigenvalue weighted by Crippen LogP contribution is -2.23. The lowest BCUT2D eigenvalue weighted by atomic mass is 10.1. The Hall–Kier alpha value is -2.09. The van der Waals surface area contributed by atoms with Gasteiger partial charge >= 0.3 is 0 Å². The van der Waals surface area contributed by atoms with Gasteiger partial charge in [-0.15, -0.1) is 10.2 Å². The summed E-state index contributed by atoms with van der Waals surface area (Å²) in [6, 6.07) is 9.57. The third kappa shape index (κ3) is 4.61. The van der Waals surface area contributed by atoms with E-state index < -0.39 is 5.25 Å². The van der Waals surface area contributed by atoms with Crippen LogP contribution in [-0.4, -0.2) is 30.9 Å². The summed E-state index contributed by atoms with van der Waals surface area (Å²) in [5.74, 6) is 0.779. The Kier molecular flexibility index (Phi) is 6.04. The highest BCUT2D eigenvalue weighted by atomic mass is 35.5. The third-order valence-electron chi connectivity index (χ3n) is 3.85. The number of anilines is 1. The number of aryl methyl sites for hydroxylation is 1. The van der Waals surface area contributed by atoms with Gasteiger partial charge in [0, 0.05) is 18.8 Å². The average Bonchev–Trinajstić information content (AvgIpc) is 2.98. The number of aromatic nitrogens is 4. The highest BCUT2D eigenvalue weighted by molar-refractivity contribution is 8.00. The third-order valence-corrected chi connectivity index (χ3v) is 5.47. The van der Waals surface area contributed by atoms with Crippen LogP contribution in [0.15, 0.2) is 41.7 Å². The van der Waals surface area contributed by atoms with E-state index in [1.165, 1.54) is 29.6 Å². The standard InChI is InChI=1S/C18H17Cl2N5OS/c1-10-4-6-12(7-5-10)16-23-24-18(25(16)3)27-11(2)17(26)22-15-14(20)8-13(19)9-21-15/h4-9,11H,1-3H3,(H,21,22,26). The van der Waals surface area contributed by atoms with Crippen molar-refractivity contribution < 1.29 is 4.79 Å². The molecule has 1 unspecified atom stereocenters. The first-order chi connectivity index (χ1) is 12.8. The summed E-state index contributed by atoms with van der Waals surface area (Å²) in [5.41, 5.74) is 2.15. The fraction of sp³-hybridized carbons (Fsp3) is 0.222. The van der Waals surface area contributed by atoms with Crippen LogP contribution in [0.2, 0.25) is 10.0 Å². The molecule has 3 rings (SSSR count). The number of amides is 1. The minimum Gasteiger partial charge on any atom is -0.308 e. The minimum atomic E-state index is -0.424. The summed E-state index contributed by atoms with van der Waals surface area (Å²) in [6.45, 7) is 3.81. The molecule has 0 aliphatic rings. The zero-order valence-corrected chi connectivity index (χ0v) is 17.2. The Balaban J connectivity index is 1.71. The normalized spacial score (nSPS) is 12.0. The van der Waals surface area contributed by atoms with Gasteiger partial charge in [-0.1, -0.05) is 64.8 Å². The molecule has 2 aromatic heterocycles. The van der Waals surface area contributed by atoms with Gasteiger partial charge in [0.05, 0.1) is 15.3 Å². The molecule has 1 N–H and O–H groups in total. The molecule has 0 saturated heterocycles. The second kappa shape index (κ2) is 8.29. The molecule has 0 spiro atoms. The van der Waals surface area contributed by atoms with Gasteiger partial charge in [0.25, 0.3) is 0 Å². The van der Waals surface area contributed by atoms with E-state index in [1.807, 2.05) is 42.8 Å². The van der Waals surface area contributed by atoms with Crippen molar-refractivity contribution in [1.29, 1.82) is 0 Å². The first-order valence-electron chi connectivity index (χ1n) is 8.10. The maximum Gasteiger partial charge on any atom is 0.238 e. The van der Waals surface area contributed by atoms with Crippen LogP contribution in [0.4, 0.5) is 5.82 Å². The Bertz CT molecular complexity index is 974. The highest BCUT2D eigenvalue weighted by Gasteiger charge is 2.20. The van der Waals surface area contributed by atoms with Gasteiger partial charge in [-0.25, -0.2) is 4.98 Å². The van der Waals surface area contributed by atoms with Gasteiger partial charge in [0.1, 0.15) is 0 Å². The summed E-state index contributed by atoms with van der Waals surface area (Å²) in [7, 11) is 1.87. The fourth-order valence-corrected chi connectivity index (χ4v) is 3.55. The molecule has 2 heterocycles. The number of hydrogen-bond acceptors (Lipinski definition) is 5. The van der Waals surface area contributed by atoms with Crippen LogP contribution in [0.3, 0.4) is 0 Å². The van der Waals surface area contributed by atoms with Crippen molar-refractivity contribution >= 4 is 46.7 Å². The van der Waals surface area contributed by atoms with Crippen LogP contribution in [-0.2, 0) is 11.8 Å². The van der Waals surface area contributed by atoms with Crippen LogP contribution >= 0.6 is 35.0 Å². The number of nitrogens with one attached hydrogen (secondary N) is 1. The van der Waals surface area contributed by atoms with Gasteiger partial charge in [-0.2, -0.15) is 0 Å². The molecule has 0 bridgehead atoms. The van der Waals surface area contributed by atoms with E-state index >= 15 is 0 Å². The summed E-state index contributed by atoms with van der Waals surface area (Å²) in [4.78, 5) is 16.5. The average molecular weight is 422 g/mol. The van der Waals surface area contributed by atoms with Gasteiger partial charge in [-0.05, 0) is 19.9 Å². The number of benzene rings is 1. The van der Waals surface area contributed by atoms with Crippen molar-refractivity contribution in [3.8, 4) is 11.4 Å². The Labute approximate surface area is 171 Å². The Morgan fingerprint density at radius 1 is 1.22 bits per heavy atom. The molecule has 0 radical (unpaired) electrons. The largest absolute Gasteiger partial charge is 0.308 e. The van der Waals surface area contributed by atoms with E-state index in [-0.39, 0.29) is 16.7 Å². The smallest absolute Gasteiger partial charge is 0.238 e. The van der Waals surface area contributed by atoms with Gasteiger partial charge < -0.3 is 9.88 Å². The predicted molar refractivity (Wildman–Crippen MR) is 109 cm³/mol. The maximum atomic E-state index is 12.5. The number of nitrogens with zero attached hydrogens (tertiary/aromatic N) is 4. The van der Waals surface area contributed by atoms with Crippen molar-refractivity contribution in [2.45, 2.75) is 24.3 Å². The lowest BCUT2D eigenvalue weighted by Gasteiger charge is -2.12. The minimum absolute atomic E-state index is 0.239. The summed E-state index contributed by atoms with van der Waals surface area (Å²) >= 11 is 13.2. The number of carbonyl (C=O) groups excluding carboxylic acids is 1. The highest BCUT2D eigenvalue weighted by Crippen LogP contribution is 2.27. The molecular formula is C18H17Cl2N5OS. The quantitative estimate of drug-likeness (QED) is 0.608. The maximum absolute atomic E-state index is 12.5. The molecule has 0 saturated carbocycles. The SMILES string of the molecule is Cc1ccc(-c2nnc(SC(C)C(=O)Nc3ncc(Cl)cc3Cl)n2C)cc1. The number of rotatable bonds is 5. The number of carbonyl (C=O) groups is 1. The van der Waals surface area contributed by atoms with Crippen LogP contribution in [0, 0.1) is 6.92 Å². The first-order valence-corrected chi connectivity index (χ1v) is 9.73. The lowest BCUT2D eigenvalue weighted by molar-refractivity contribution is -0.115. The molecule has 140 valence electrons. The summed E-state index contributed by atoms with van der Waals surface area (Å²) in [6.07, 6.45) is 1.43. The molecule has 0 aliphatic carbocycles. The molecule has 1 atom stereocenters. The van der Waals surface area contributed by atoms with Crippen molar-refractivity contribution in [3.63, 3.8) is 0 Å². The molecule has 1 aromatic carbocycles. The Morgan fingerprint density at radius 3 is 2.59 bits per heavy atom. The summed E-state index contributed by atoms with van der Waals surface area (Å²) in [5, 5.41) is 12.1. The van der Waals surface area contributed by atoms with Crippen LogP contribution in [0.5, 0.6) is 0 Å². The van der Waals surface area contributed by atoms with E-state index in [4.69, 9.17) is 23.2 Å². The van der Waals surface area contributed by atoms with Gasteiger partial charge in [-0.3, -0.25) is 4.79 Å². The molecule has 9 heteroatoms. The topological polar surface area (TPSA) is 72.7 Å². The second-order valence-electron chi connectivity index (χ2n) is 5.96. The van der Waals surface area contributed by atoms with E-state index in [2.05, 4.69) is 20.5 Å². The molecule has 0 aliphatic heterocycles. The van der Waals surface area contributed by atoms with Crippen molar-refractivity contribution in [1.82, 2.24) is 19.7 Å². The zero-order valence-electron chi connectivity index (χ0n) is 14.9. The number of halogens is 2. The van der Waals surface area contributed by atoms with Gasteiger partial charge in [0.15, 0.2) is 16.8 Å². The van der Waals surface area contributed by atoms with Crippen molar-refractivity contribution in [2.24, 2.45) is 7.05 Å². The second-order valence-corrected chi connectivity index (χ2v) is 8.12. The molecular weight excluding hydrogens is 405 g/mol. The van der Waals surface area contributed by atoms with E-state index in [1.54, 1.807) is 6.92 Å². The molecule has 0 fully saturated rings.